The summed E-state index contributed by atoms with van der Waals surface area (Å²) in [5.41, 5.74) is 0. The van der Waals surface area contributed by atoms with Crippen LogP contribution in [-0.2, 0) is 32.7 Å². The van der Waals surface area contributed by atoms with E-state index in [2.05, 4.69) is 61.2 Å². The molecule has 0 N–H and O–H groups in total. The minimum absolute atomic E-state index is 0. The van der Waals surface area contributed by atoms with E-state index in [-0.39, 0.29) is 32.7 Å². The van der Waals surface area contributed by atoms with Crippen molar-refractivity contribution in [3.63, 3.8) is 0 Å². The number of piperidine rings is 3. The van der Waals surface area contributed by atoms with Gasteiger partial charge in [-0.2, -0.15) is 6.92 Å². The fraction of sp³-hybridized carbons (Fsp3) is 0.957. The van der Waals surface area contributed by atoms with Gasteiger partial charge in [0.25, 0.3) is 0 Å². The molecule has 0 aromatic rings. The summed E-state index contributed by atoms with van der Waals surface area (Å²) in [5, 5.41) is 4.53. The van der Waals surface area contributed by atoms with Crippen LogP contribution in [0.1, 0.15) is 53.9 Å². The normalized spacial score (nSPS) is 34.4. The predicted octanol–water partition coefficient (Wildman–Crippen LogP) is 3.94. The first-order valence-corrected chi connectivity index (χ1v) is 11.6. The molecule has 0 bridgehead atoms. The smallest absolute Gasteiger partial charge is 0.00387 e. The first-order valence-electron chi connectivity index (χ1n) is 11.6. The Balaban J connectivity index is 0.000000194. The zero-order valence-corrected chi connectivity index (χ0v) is 22.0. The van der Waals surface area contributed by atoms with Gasteiger partial charge in [0.1, 0.15) is 0 Å². The number of fused-ring (bicyclic) bond motifs is 2. The monoisotopic (exact) mass is 465 g/mol. The molecule has 4 rings (SSSR count). The molecule has 4 fully saturated rings. The van der Waals surface area contributed by atoms with E-state index in [1.807, 2.05) is 0 Å². The molecule has 4 aliphatic rings. The second-order valence-electron chi connectivity index (χ2n) is 9.93. The van der Waals surface area contributed by atoms with Gasteiger partial charge >= 0.3 is 0 Å². The molecular formula is C23H44N4Y-2. The van der Waals surface area contributed by atoms with Crippen LogP contribution in [0.5, 0.6) is 0 Å². The summed E-state index contributed by atoms with van der Waals surface area (Å²) < 4.78 is 0. The summed E-state index contributed by atoms with van der Waals surface area (Å²) in [4.78, 5) is 7.75. The number of hydrogen-bond acceptors (Lipinski definition) is 3. The van der Waals surface area contributed by atoms with Gasteiger partial charge in [-0.15, -0.1) is 13.1 Å². The molecule has 0 amide bonds. The minimum Gasteiger partial charge on any atom is -0.662 e. The topological polar surface area (TPSA) is 23.8 Å². The van der Waals surface area contributed by atoms with Crippen LogP contribution in [0, 0.1) is 30.2 Å². The Morgan fingerprint density at radius 2 is 1.32 bits per heavy atom. The van der Waals surface area contributed by atoms with Gasteiger partial charge < -0.3 is 20.0 Å². The Morgan fingerprint density at radius 3 is 1.93 bits per heavy atom. The number of likely N-dealkylation sites (tertiary alicyclic amines) is 3. The number of nitrogens with zero attached hydrogens (tertiary/aromatic N) is 4. The number of hydrogen-bond donors (Lipinski definition) is 0. The fourth-order valence-electron chi connectivity index (χ4n) is 5.59. The summed E-state index contributed by atoms with van der Waals surface area (Å²) >= 11 is 0. The first-order chi connectivity index (χ1) is 13.0. The van der Waals surface area contributed by atoms with Gasteiger partial charge in [0, 0.05) is 51.3 Å². The first kappa shape index (κ1) is 25.2. The van der Waals surface area contributed by atoms with Crippen LogP contribution < -0.4 is 0 Å². The van der Waals surface area contributed by atoms with Crippen molar-refractivity contribution in [2.24, 2.45) is 23.7 Å². The number of rotatable bonds is 3. The quantitative estimate of drug-likeness (QED) is 0.590. The van der Waals surface area contributed by atoms with Gasteiger partial charge in [-0.1, -0.05) is 6.42 Å². The van der Waals surface area contributed by atoms with Crippen LogP contribution >= 0.6 is 0 Å². The maximum atomic E-state index is 4.53. The molecule has 0 saturated carbocycles. The maximum absolute atomic E-state index is 4.53. The molecule has 4 unspecified atom stereocenters. The van der Waals surface area contributed by atoms with Gasteiger partial charge in [-0.3, -0.25) is 6.54 Å². The Kier molecular flexibility index (Phi) is 10.9. The molecule has 0 aromatic carbocycles. The van der Waals surface area contributed by atoms with Crippen molar-refractivity contribution in [1.29, 1.82) is 0 Å². The third kappa shape index (κ3) is 6.72. The van der Waals surface area contributed by atoms with Crippen LogP contribution in [0.25, 0.3) is 5.32 Å². The average molecular weight is 466 g/mol. The van der Waals surface area contributed by atoms with E-state index < -0.39 is 0 Å². The molecule has 0 aliphatic carbocycles. The molecule has 0 spiro atoms. The van der Waals surface area contributed by atoms with Crippen LogP contribution in [0.2, 0.25) is 0 Å². The second kappa shape index (κ2) is 12.1. The fourth-order valence-corrected chi connectivity index (χ4v) is 5.59. The Labute approximate surface area is 200 Å². The van der Waals surface area contributed by atoms with Crippen LogP contribution in [-0.4, -0.2) is 79.1 Å². The standard InChI is InChI=1S/C12H23N2.C11H21N2.Y/c1-4-13-7-11-5-6-14(10(2)3)9-12(11)8-13;1-9(2)13-6-4-10-3-5-12-7-11(10)8-13;/h4,10-12H,5-9H2,1-3H3;9-11H,3-8H2,1-2H3;/q2*-1;. The van der Waals surface area contributed by atoms with Crippen molar-refractivity contribution < 1.29 is 32.7 Å². The minimum atomic E-state index is 0. The Hall–Kier alpha value is 0.944. The summed E-state index contributed by atoms with van der Waals surface area (Å²) in [5.74, 6) is 3.78. The van der Waals surface area contributed by atoms with E-state index in [1.165, 1.54) is 58.5 Å². The molecule has 5 heteroatoms. The third-order valence-electron chi connectivity index (χ3n) is 7.63. The van der Waals surface area contributed by atoms with Crippen LogP contribution in [0.15, 0.2) is 0 Å². The van der Waals surface area contributed by atoms with Gasteiger partial charge in [-0.25, -0.2) is 0 Å². The van der Waals surface area contributed by atoms with Gasteiger partial charge in [0.2, 0.25) is 0 Å². The maximum Gasteiger partial charge on any atom is 0.00387 e. The molecule has 4 saturated heterocycles. The van der Waals surface area contributed by atoms with Gasteiger partial charge in [0.05, 0.1) is 0 Å². The zero-order chi connectivity index (χ0) is 19.4. The van der Waals surface area contributed by atoms with E-state index in [9.17, 15) is 0 Å². The van der Waals surface area contributed by atoms with Crippen molar-refractivity contribution in [2.75, 3.05) is 52.4 Å². The van der Waals surface area contributed by atoms with E-state index >= 15 is 0 Å². The SMILES string of the molecule is CC(C)N1CCC2CC[N-]CC2C1.C[CH-]N1CC2CCN(C(C)C)CC2C1.[Y]. The van der Waals surface area contributed by atoms with Gasteiger partial charge in [0.15, 0.2) is 0 Å². The predicted molar refractivity (Wildman–Crippen MR) is 116 cm³/mol. The van der Waals surface area contributed by atoms with Crippen LogP contribution in [0.3, 0.4) is 0 Å². The summed E-state index contributed by atoms with van der Waals surface area (Å²) in [6, 6.07) is 1.46. The molecular weight excluding hydrogens is 421 g/mol. The summed E-state index contributed by atoms with van der Waals surface area (Å²) in [7, 11) is 0. The molecule has 4 nitrogen and oxygen atoms in total. The second-order valence-corrected chi connectivity index (χ2v) is 9.93. The molecule has 161 valence electrons. The van der Waals surface area contributed by atoms with Crippen molar-refractivity contribution in [3.8, 4) is 0 Å². The molecule has 28 heavy (non-hydrogen) atoms. The summed E-state index contributed by atoms with van der Waals surface area (Å²) in [6.45, 7) is 23.8. The Bertz CT molecular complexity index is 444. The molecule has 0 aromatic heterocycles. The van der Waals surface area contributed by atoms with E-state index in [1.54, 1.807) is 0 Å². The van der Waals surface area contributed by atoms with E-state index in [0.717, 1.165) is 48.8 Å². The van der Waals surface area contributed by atoms with Crippen LogP contribution in [0.4, 0.5) is 0 Å². The molecule has 4 heterocycles. The molecule has 4 atom stereocenters. The third-order valence-corrected chi connectivity index (χ3v) is 7.63. The van der Waals surface area contributed by atoms with Crippen molar-refractivity contribution in [3.05, 3.63) is 11.9 Å². The van der Waals surface area contributed by atoms with E-state index in [4.69, 9.17) is 0 Å². The van der Waals surface area contributed by atoms with Crippen molar-refractivity contribution in [1.82, 2.24) is 14.7 Å². The Morgan fingerprint density at radius 1 is 0.750 bits per heavy atom. The van der Waals surface area contributed by atoms with Crippen molar-refractivity contribution >= 4 is 0 Å². The largest absolute Gasteiger partial charge is 0.662 e. The van der Waals surface area contributed by atoms with Gasteiger partial charge in [-0.05, 0) is 96.9 Å². The average Bonchev–Trinajstić information content (AvgIpc) is 3.10. The van der Waals surface area contributed by atoms with Crippen molar-refractivity contribution in [2.45, 2.75) is 66.0 Å². The summed E-state index contributed by atoms with van der Waals surface area (Å²) in [6.07, 6.45) is 4.18. The molecule has 1 radical (unpaired) electrons. The molecule has 4 aliphatic heterocycles. The van der Waals surface area contributed by atoms with E-state index in [0.29, 0.717) is 0 Å². The zero-order valence-electron chi connectivity index (χ0n) is 19.2.